The molecule has 1 fully saturated rings. The molecule has 4 heterocycles. The van der Waals surface area contributed by atoms with Crippen LogP contribution in [0.3, 0.4) is 0 Å². The maximum Gasteiger partial charge on any atom is 0.244 e. The van der Waals surface area contributed by atoms with E-state index in [9.17, 15) is 5.26 Å². The Morgan fingerprint density at radius 3 is 2.36 bits per heavy atom. The average Bonchev–Trinajstić information content (AvgIpc) is 3.52. The fourth-order valence-electron chi connectivity index (χ4n) is 4.88. The SMILES string of the molecule is Cc1noc(C2CCCN2C(c2cccc(C#N)c2)C(c2cccnc2)c2cccnc2)n1. The average molecular weight is 437 g/mol. The van der Waals surface area contributed by atoms with Crippen LogP contribution in [0.1, 0.15) is 64.8 Å². The van der Waals surface area contributed by atoms with E-state index in [1.165, 1.54) is 0 Å². The predicted octanol–water partition coefficient (Wildman–Crippen LogP) is 4.75. The third kappa shape index (κ3) is 4.26. The van der Waals surface area contributed by atoms with Gasteiger partial charge in [0.25, 0.3) is 0 Å². The summed E-state index contributed by atoms with van der Waals surface area (Å²) in [5, 5.41) is 13.6. The molecule has 0 amide bonds. The van der Waals surface area contributed by atoms with Gasteiger partial charge in [-0.25, -0.2) is 0 Å². The Labute approximate surface area is 192 Å². The molecule has 7 heteroatoms. The van der Waals surface area contributed by atoms with E-state index >= 15 is 0 Å². The van der Waals surface area contributed by atoms with Crippen molar-refractivity contribution in [3.8, 4) is 6.07 Å². The second kappa shape index (κ2) is 9.31. The zero-order valence-corrected chi connectivity index (χ0v) is 18.4. The Morgan fingerprint density at radius 2 is 1.76 bits per heavy atom. The van der Waals surface area contributed by atoms with Gasteiger partial charge in [-0.15, -0.1) is 0 Å². The van der Waals surface area contributed by atoms with E-state index in [0.717, 1.165) is 36.1 Å². The van der Waals surface area contributed by atoms with Crippen molar-refractivity contribution >= 4 is 0 Å². The van der Waals surface area contributed by atoms with E-state index in [-0.39, 0.29) is 18.0 Å². The minimum Gasteiger partial charge on any atom is -0.338 e. The Kier molecular flexibility index (Phi) is 5.92. The topological polar surface area (TPSA) is 91.7 Å². The lowest BCUT2D eigenvalue weighted by Crippen LogP contribution is -2.33. The highest BCUT2D eigenvalue weighted by molar-refractivity contribution is 5.40. The number of aryl methyl sites for hydroxylation is 1. The summed E-state index contributed by atoms with van der Waals surface area (Å²) in [7, 11) is 0. The molecule has 2 unspecified atom stereocenters. The summed E-state index contributed by atoms with van der Waals surface area (Å²) < 4.78 is 5.62. The van der Waals surface area contributed by atoms with Crippen LogP contribution in [-0.4, -0.2) is 31.6 Å². The van der Waals surface area contributed by atoms with Crippen molar-refractivity contribution in [3.63, 3.8) is 0 Å². The van der Waals surface area contributed by atoms with Gasteiger partial charge in [-0.3, -0.25) is 14.9 Å². The van der Waals surface area contributed by atoms with Crippen LogP contribution in [0.5, 0.6) is 0 Å². The number of benzene rings is 1. The third-order valence-electron chi connectivity index (χ3n) is 6.24. The molecule has 0 saturated carbocycles. The molecule has 33 heavy (non-hydrogen) atoms. The molecule has 0 aliphatic carbocycles. The number of nitriles is 1. The number of rotatable bonds is 6. The maximum absolute atomic E-state index is 9.60. The van der Waals surface area contributed by atoms with Crippen LogP contribution in [-0.2, 0) is 0 Å². The van der Waals surface area contributed by atoms with Gasteiger partial charge in [-0.05, 0) is 67.3 Å². The molecular weight excluding hydrogens is 412 g/mol. The van der Waals surface area contributed by atoms with Gasteiger partial charge in [0.1, 0.15) is 0 Å². The van der Waals surface area contributed by atoms with E-state index in [1.54, 1.807) is 12.4 Å². The lowest BCUT2D eigenvalue weighted by Gasteiger charge is -2.38. The van der Waals surface area contributed by atoms with Gasteiger partial charge in [0.05, 0.1) is 17.7 Å². The van der Waals surface area contributed by atoms with Gasteiger partial charge >= 0.3 is 0 Å². The molecule has 164 valence electrons. The number of pyridine rings is 2. The number of nitrogens with zero attached hydrogens (tertiary/aromatic N) is 6. The summed E-state index contributed by atoms with van der Waals surface area (Å²) in [6, 6.07) is 18.2. The fourth-order valence-corrected chi connectivity index (χ4v) is 4.88. The van der Waals surface area contributed by atoms with Gasteiger partial charge in [-0.1, -0.05) is 29.4 Å². The maximum atomic E-state index is 9.60. The van der Waals surface area contributed by atoms with Crippen LogP contribution in [0, 0.1) is 18.3 Å². The summed E-state index contributed by atoms with van der Waals surface area (Å²) in [5.74, 6) is 1.23. The highest BCUT2D eigenvalue weighted by Gasteiger charge is 2.40. The molecule has 1 saturated heterocycles. The van der Waals surface area contributed by atoms with Crippen LogP contribution < -0.4 is 0 Å². The van der Waals surface area contributed by atoms with Crippen molar-refractivity contribution in [3.05, 3.63) is 107 Å². The minimum atomic E-state index is -0.0774. The highest BCUT2D eigenvalue weighted by Crippen LogP contribution is 2.47. The molecule has 1 aliphatic heterocycles. The van der Waals surface area contributed by atoms with Crippen LogP contribution in [0.4, 0.5) is 0 Å². The summed E-state index contributed by atoms with van der Waals surface area (Å²) in [4.78, 5) is 15.8. The molecule has 1 aromatic carbocycles. The van der Waals surface area contributed by atoms with Gasteiger partial charge < -0.3 is 4.52 Å². The zero-order valence-electron chi connectivity index (χ0n) is 18.4. The van der Waals surface area contributed by atoms with Crippen LogP contribution in [0.2, 0.25) is 0 Å². The molecule has 1 aliphatic rings. The van der Waals surface area contributed by atoms with Crippen molar-refractivity contribution in [2.75, 3.05) is 6.54 Å². The first kappa shape index (κ1) is 21.0. The van der Waals surface area contributed by atoms with Crippen LogP contribution in [0.15, 0.2) is 77.8 Å². The first-order valence-corrected chi connectivity index (χ1v) is 11.1. The second-order valence-electron chi connectivity index (χ2n) is 8.31. The molecule has 0 bridgehead atoms. The van der Waals surface area contributed by atoms with Gasteiger partial charge in [0.15, 0.2) is 5.82 Å². The van der Waals surface area contributed by atoms with Crippen molar-refractivity contribution in [2.24, 2.45) is 0 Å². The standard InChI is InChI=1S/C26H24N6O/c1-18-30-26(33-31-18)23-10-5-13-32(23)25(20-7-2-6-19(14-20)15-27)24(21-8-3-11-28-16-21)22-9-4-12-29-17-22/h2-4,6-9,11-12,14,16-17,23-25H,5,10,13H2,1H3. The highest BCUT2D eigenvalue weighted by atomic mass is 16.5. The first-order chi connectivity index (χ1) is 16.2. The smallest absolute Gasteiger partial charge is 0.244 e. The molecular formula is C26H24N6O. The molecule has 0 spiro atoms. The van der Waals surface area contributed by atoms with E-state index < -0.39 is 0 Å². The van der Waals surface area contributed by atoms with E-state index in [2.05, 4.69) is 49.3 Å². The molecule has 5 rings (SSSR count). The molecule has 3 aromatic heterocycles. The molecule has 7 nitrogen and oxygen atoms in total. The van der Waals surface area contributed by atoms with Crippen molar-refractivity contribution in [2.45, 2.75) is 37.8 Å². The van der Waals surface area contributed by atoms with Crippen molar-refractivity contribution in [1.29, 1.82) is 5.26 Å². The van der Waals surface area contributed by atoms with Crippen LogP contribution >= 0.6 is 0 Å². The van der Waals surface area contributed by atoms with Crippen molar-refractivity contribution < 1.29 is 4.52 Å². The summed E-state index contributed by atoms with van der Waals surface area (Å²) >= 11 is 0. The summed E-state index contributed by atoms with van der Waals surface area (Å²) in [6.07, 6.45) is 9.36. The Morgan fingerprint density at radius 1 is 1.03 bits per heavy atom. The monoisotopic (exact) mass is 436 g/mol. The number of hydrogen-bond donors (Lipinski definition) is 0. The second-order valence-corrected chi connectivity index (χ2v) is 8.31. The van der Waals surface area contributed by atoms with Crippen LogP contribution in [0.25, 0.3) is 0 Å². The predicted molar refractivity (Wildman–Crippen MR) is 122 cm³/mol. The summed E-state index contributed by atoms with van der Waals surface area (Å²) in [6.45, 7) is 2.72. The molecule has 2 atom stereocenters. The summed E-state index contributed by atoms with van der Waals surface area (Å²) in [5.41, 5.74) is 3.88. The lowest BCUT2D eigenvalue weighted by atomic mass is 9.81. The largest absolute Gasteiger partial charge is 0.338 e. The molecule has 0 N–H and O–H groups in total. The van der Waals surface area contributed by atoms with E-state index in [1.807, 2.05) is 49.6 Å². The third-order valence-corrected chi connectivity index (χ3v) is 6.24. The Hall–Kier alpha value is -3.89. The lowest BCUT2D eigenvalue weighted by molar-refractivity contribution is 0.138. The number of likely N-dealkylation sites (tertiary alicyclic amines) is 1. The fraction of sp³-hybridized carbons (Fsp3) is 0.269. The Bertz CT molecular complexity index is 1210. The van der Waals surface area contributed by atoms with Gasteiger partial charge in [0.2, 0.25) is 5.89 Å². The number of aromatic nitrogens is 4. The van der Waals surface area contributed by atoms with Crippen molar-refractivity contribution in [1.82, 2.24) is 25.0 Å². The zero-order chi connectivity index (χ0) is 22.6. The van der Waals surface area contributed by atoms with E-state index in [4.69, 9.17) is 4.52 Å². The van der Waals surface area contributed by atoms with Gasteiger partial charge in [0, 0.05) is 36.7 Å². The quantitative estimate of drug-likeness (QED) is 0.431. The molecule has 4 aromatic rings. The number of hydrogen-bond acceptors (Lipinski definition) is 7. The molecule has 0 radical (unpaired) electrons. The van der Waals surface area contributed by atoms with E-state index in [0.29, 0.717) is 17.3 Å². The first-order valence-electron chi connectivity index (χ1n) is 11.1. The normalized spacial score (nSPS) is 17.2. The minimum absolute atomic E-state index is 0.00205. The Balaban J connectivity index is 1.69. The van der Waals surface area contributed by atoms with Gasteiger partial charge in [-0.2, -0.15) is 10.2 Å².